The summed E-state index contributed by atoms with van der Waals surface area (Å²) in [6.07, 6.45) is 0. The number of benzene rings is 1. The molecule has 1 aromatic carbocycles. The van der Waals surface area contributed by atoms with Crippen LogP contribution in [-0.4, -0.2) is 39.4 Å². The fourth-order valence-electron chi connectivity index (χ4n) is 1.31. The fourth-order valence-corrected chi connectivity index (χ4v) is 2.04. The van der Waals surface area contributed by atoms with Crippen LogP contribution in [0.1, 0.15) is 5.82 Å². The van der Waals surface area contributed by atoms with Crippen LogP contribution in [0.4, 0.5) is 0 Å². The Morgan fingerprint density at radius 3 is 2.84 bits per heavy atom. The van der Waals surface area contributed by atoms with Gasteiger partial charge in [-0.15, -0.1) is 22.0 Å². The highest BCUT2D eigenvalue weighted by atomic mass is 32.2. The van der Waals surface area contributed by atoms with Gasteiger partial charge in [0, 0.05) is 4.90 Å². The molecule has 0 spiro atoms. The number of carbonyl (C=O) groups excluding carboxylic acids is 1. The number of thioether (sulfide) groups is 1. The van der Waals surface area contributed by atoms with Crippen molar-refractivity contribution in [3.05, 3.63) is 30.1 Å². The first-order valence-electron chi connectivity index (χ1n) is 5.54. The highest BCUT2D eigenvalue weighted by molar-refractivity contribution is 8.00. The van der Waals surface area contributed by atoms with Crippen LogP contribution in [0.3, 0.4) is 0 Å². The Morgan fingerprint density at radius 2 is 2.21 bits per heavy atom. The lowest BCUT2D eigenvalue weighted by atomic mass is 10.3. The third-order valence-electron chi connectivity index (χ3n) is 2.26. The molecular formula is C11H13N5O2S. The van der Waals surface area contributed by atoms with Crippen LogP contribution < -0.4 is 10.1 Å². The number of hydrogen-bond donors (Lipinski definition) is 2. The second-order valence-electron chi connectivity index (χ2n) is 3.57. The van der Waals surface area contributed by atoms with Gasteiger partial charge in [0.15, 0.2) is 5.82 Å². The van der Waals surface area contributed by atoms with E-state index in [4.69, 9.17) is 4.74 Å². The molecule has 8 heteroatoms. The number of aromatic nitrogens is 4. The number of aromatic amines is 1. The lowest BCUT2D eigenvalue weighted by Gasteiger charge is -2.04. The standard InChI is InChI=1S/C11H13N5O2S/c1-18-8-2-4-9(5-3-8)19-7-11(17)12-6-10-13-15-16-14-10/h2-5H,6-7H2,1H3,(H,12,17)(H,13,14,15,16). The van der Waals surface area contributed by atoms with Gasteiger partial charge in [-0.2, -0.15) is 5.21 Å². The Hall–Kier alpha value is -2.09. The van der Waals surface area contributed by atoms with Gasteiger partial charge < -0.3 is 10.1 Å². The van der Waals surface area contributed by atoms with Crippen LogP contribution in [-0.2, 0) is 11.3 Å². The predicted molar refractivity (Wildman–Crippen MR) is 69.7 cm³/mol. The summed E-state index contributed by atoms with van der Waals surface area (Å²) in [5.74, 6) is 1.52. The molecule has 0 aliphatic rings. The van der Waals surface area contributed by atoms with Crippen LogP contribution in [0.25, 0.3) is 0 Å². The summed E-state index contributed by atoms with van der Waals surface area (Å²) in [5.41, 5.74) is 0. The lowest BCUT2D eigenvalue weighted by Crippen LogP contribution is -2.25. The largest absolute Gasteiger partial charge is 0.497 e. The first-order valence-corrected chi connectivity index (χ1v) is 6.52. The number of methoxy groups -OCH3 is 1. The first-order chi connectivity index (χ1) is 9.28. The van der Waals surface area contributed by atoms with Crippen LogP contribution in [0.15, 0.2) is 29.2 Å². The average molecular weight is 279 g/mol. The zero-order valence-corrected chi connectivity index (χ0v) is 11.1. The molecule has 19 heavy (non-hydrogen) atoms. The van der Waals surface area contributed by atoms with Crippen molar-refractivity contribution >= 4 is 17.7 Å². The van der Waals surface area contributed by atoms with Gasteiger partial charge in [-0.25, -0.2) is 0 Å². The van der Waals surface area contributed by atoms with Crippen molar-refractivity contribution in [2.45, 2.75) is 11.4 Å². The van der Waals surface area contributed by atoms with E-state index in [-0.39, 0.29) is 12.5 Å². The number of nitrogens with one attached hydrogen (secondary N) is 2. The SMILES string of the molecule is COc1ccc(SCC(=O)NCc2nn[nH]n2)cc1. The van der Waals surface area contributed by atoms with E-state index in [2.05, 4.69) is 25.9 Å². The van der Waals surface area contributed by atoms with Crippen LogP contribution in [0.5, 0.6) is 5.75 Å². The summed E-state index contributed by atoms with van der Waals surface area (Å²) in [4.78, 5) is 12.6. The summed E-state index contributed by atoms with van der Waals surface area (Å²) in [7, 11) is 1.62. The third-order valence-corrected chi connectivity index (χ3v) is 3.27. The van der Waals surface area contributed by atoms with E-state index < -0.39 is 0 Å². The zero-order chi connectivity index (χ0) is 13.5. The van der Waals surface area contributed by atoms with Crippen LogP contribution in [0.2, 0.25) is 0 Å². The van der Waals surface area contributed by atoms with E-state index in [0.717, 1.165) is 10.6 Å². The van der Waals surface area contributed by atoms with Crippen molar-refractivity contribution < 1.29 is 9.53 Å². The summed E-state index contributed by atoms with van der Waals surface area (Å²) >= 11 is 1.45. The number of carbonyl (C=O) groups is 1. The Morgan fingerprint density at radius 1 is 1.42 bits per heavy atom. The van der Waals surface area contributed by atoms with Gasteiger partial charge in [0.05, 0.1) is 19.4 Å². The van der Waals surface area contributed by atoms with Gasteiger partial charge in [0.25, 0.3) is 0 Å². The molecule has 2 rings (SSSR count). The number of amides is 1. The summed E-state index contributed by atoms with van der Waals surface area (Å²) in [5, 5.41) is 15.9. The minimum Gasteiger partial charge on any atom is -0.497 e. The molecule has 1 heterocycles. The molecule has 7 nitrogen and oxygen atoms in total. The molecule has 0 radical (unpaired) electrons. The summed E-state index contributed by atoms with van der Waals surface area (Å²) in [6, 6.07) is 7.55. The fraction of sp³-hybridized carbons (Fsp3) is 0.273. The van der Waals surface area contributed by atoms with E-state index in [1.54, 1.807) is 7.11 Å². The topological polar surface area (TPSA) is 92.8 Å². The van der Waals surface area contributed by atoms with Crippen molar-refractivity contribution in [3.63, 3.8) is 0 Å². The minimum absolute atomic E-state index is 0.0781. The van der Waals surface area contributed by atoms with Crippen LogP contribution in [0, 0.1) is 0 Å². The monoisotopic (exact) mass is 279 g/mol. The second-order valence-corrected chi connectivity index (χ2v) is 4.62. The van der Waals surface area contributed by atoms with Gasteiger partial charge in [0.1, 0.15) is 5.75 Å². The van der Waals surface area contributed by atoms with E-state index in [9.17, 15) is 4.79 Å². The van der Waals surface area contributed by atoms with Gasteiger partial charge in [-0.1, -0.05) is 5.21 Å². The Bertz CT molecular complexity index is 514. The van der Waals surface area contributed by atoms with Crippen molar-refractivity contribution in [1.29, 1.82) is 0 Å². The quantitative estimate of drug-likeness (QED) is 0.753. The summed E-state index contributed by atoms with van der Waals surface area (Å²) < 4.78 is 5.06. The molecule has 0 fully saturated rings. The molecular weight excluding hydrogens is 266 g/mol. The molecule has 0 saturated heterocycles. The maximum absolute atomic E-state index is 11.6. The maximum Gasteiger partial charge on any atom is 0.230 e. The van der Waals surface area contributed by atoms with Gasteiger partial charge >= 0.3 is 0 Å². The molecule has 0 saturated carbocycles. The molecule has 0 atom stereocenters. The van der Waals surface area contributed by atoms with E-state index in [1.807, 2.05) is 24.3 Å². The first kappa shape index (κ1) is 13.3. The molecule has 2 N–H and O–H groups in total. The predicted octanol–water partition coefficient (Wildman–Crippen LogP) is 0.617. The number of hydrogen-bond acceptors (Lipinski definition) is 6. The van der Waals surface area contributed by atoms with Gasteiger partial charge in [-0.3, -0.25) is 4.79 Å². The normalized spacial score (nSPS) is 10.2. The second kappa shape index (κ2) is 6.74. The van der Waals surface area contributed by atoms with Crippen LogP contribution >= 0.6 is 11.8 Å². The molecule has 100 valence electrons. The van der Waals surface area contributed by atoms with Crippen molar-refractivity contribution in [3.8, 4) is 5.75 Å². The zero-order valence-electron chi connectivity index (χ0n) is 10.3. The molecule has 1 amide bonds. The van der Waals surface area contributed by atoms with E-state index in [0.29, 0.717) is 11.6 Å². The van der Waals surface area contributed by atoms with E-state index in [1.165, 1.54) is 11.8 Å². The number of rotatable bonds is 6. The molecule has 0 bridgehead atoms. The Kier molecular flexibility index (Phi) is 4.73. The molecule has 0 aliphatic carbocycles. The van der Waals surface area contributed by atoms with Crippen molar-refractivity contribution in [2.75, 3.05) is 12.9 Å². The maximum atomic E-state index is 11.6. The summed E-state index contributed by atoms with van der Waals surface area (Å²) in [6.45, 7) is 0.276. The van der Waals surface area contributed by atoms with Gasteiger partial charge in [-0.05, 0) is 24.3 Å². The highest BCUT2D eigenvalue weighted by Gasteiger charge is 2.05. The molecule has 0 unspecified atom stereocenters. The van der Waals surface area contributed by atoms with E-state index >= 15 is 0 Å². The number of nitrogens with zero attached hydrogens (tertiary/aromatic N) is 3. The number of H-pyrrole nitrogens is 1. The number of tetrazole rings is 1. The Labute approximate surface area is 114 Å². The lowest BCUT2D eigenvalue weighted by molar-refractivity contribution is -0.118. The molecule has 0 aliphatic heterocycles. The third kappa shape index (κ3) is 4.25. The van der Waals surface area contributed by atoms with Gasteiger partial charge in [0.2, 0.25) is 5.91 Å². The Balaban J connectivity index is 1.73. The molecule has 1 aromatic heterocycles. The average Bonchev–Trinajstić information content (AvgIpc) is 2.96. The van der Waals surface area contributed by atoms with Crippen molar-refractivity contribution in [1.82, 2.24) is 25.9 Å². The number of ether oxygens (including phenoxy) is 1. The smallest absolute Gasteiger partial charge is 0.230 e. The molecule has 2 aromatic rings. The van der Waals surface area contributed by atoms with Crippen molar-refractivity contribution in [2.24, 2.45) is 0 Å². The minimum atomic E-state index is -0.0781. The highest BCUT2D eigenvalue weighted by Crippen LogP contribution is 2.20.